The van der Waals surface area contributed by atoms with Gasteiger partial charge in [0.25, 0.3) is 5.91 Å². The monoisotopic (exact) mass is 343 g/mol. The van der Waals surface area contributed by atoms with Gasteiger partial charge in [0.2, 0.25) is 0 Å². The molecule has 1 aromatic heterocycles. The first-order valence-electron chi connectivity index (χ1n) is 7.81. The van der Waals surface area contributed by atoms with Gasteiger partial charge in [0.1, 0.15) is 0 Å². The Morgan fingerprint density at radius 3 is 2.44 bits per heavy atom. The fourth-order valence-electron chi connectivity index (χ4n) is 2.52. The Morgan fingerprint density at radius 2 is 1.84 bits per heavy atom. The van der Waals surface area contributed by atoms with E-state index in [1.807, 2.05) is 54.1 Å². The molecule has 0 saturated carbocycles. The van der Waals surface area contributed by atoms with Gasteiger partial charge in [-0.1, -0.05) is 30.3 Å². The van der Waals surface area contributed by atoms with Crippen molar-refractivity contribution in [3.8, 4) is 0 Å². The number of primary amides is 1. The van der Waals surface area contributed by atoms with Crippen molar-refractivity contribution in [2.75, 3.05) is 0 Å². The fraction of sp³-hybridized carbons (Fsp3) is 0.278. The number of nitrogens with one attached hydrogen (secondary N) is 1. The Bertz CT molecular complexity index is 796. The molecule has 1 aromatic carbocycles. The molecule has 25 heavy (non-hydrogen) atoms. The highest BCUT2D eigenvalue weighted by molar-refractivity contribution is 5.98. The molecule has 0 aliphatic carbocycles. The summed E-state index contributed by atoms with van der Waals surface area (Å²) in [6.07, 6.45) is -1.13. The topological polar surface area (TPSA) is 103 Å². The third-order valence-electron chi connectivity index (χ3n) is 3.88. The lowest BCUT2D eigenvalue weighted by Crippen LogP contribution is -2.42. The van der Waals surface area contributed by atoms with Crippen molar-refractivity contribution in [2.24, 2.45) is 5.73 Å². The van der Waals surface area contributed by atoms with E-state index < -0.39 is 24.0 Å². The molecular formula is C18H21N3O4. The molecule has 0 fully saturated rings. The zero-order chi connectivity index (χ0) is 18.6. The Hall–Kier alpha value is -3.09. The summed E-state index contributed by atoms with van der Waals surface area (Å²) >= 11 is 0. The van der Waals surface area contributed by atoms with Crippen LogP contribution in [0.15, 0.2) is 36.4 Å². The standard InChI is InChI=1S/C18H21N3O4/c1-11-9-15(17(23)25-13(3)16(22)20-18(19)24)12(2)21(11)10-14-7-5-4-6-8-14/h4-9,13H,10H2,1-3H3,(H3,19,20,22,24). The van der Waals surface area contributed by atoms with Crippen LogP contribution in [0.3, 0.4) is 0 Å². The highest BCUT2D eigenvalue weighted by atomic mass is 16.5. The van der Waals surface area contributed by atoms with Crippen molar-refractivity contribution in [1.82, 2.24) is 9.88 Å². The molecule has 0 aliphatic heterocycles. The van der Waals surface area contributed by atoms with E-state index in [-0.39, 0.29) is 0 Å². The second kappa shape index (κ2) is 7.65. The maximum absolute atomic E-state index is 12.4. The number of esters is 1. The van der Waals surface area contributed by atoms with Crippen molar-refractivity contribution >= 4 is 17.9 Å². The Morgan fingerprint density at radius 1 is 1.20 bits per heavy atom. The molecule has 132 valence electrons. The smallest absolute Gasteiger partial charge is 0.340 e. The molecule has 2 rings (SSSR count). The van der Waals surface area contributed by atoms with Crippen molar-refractivity contribution in [3.63, 3.8) is 0 Å². The number of aryl methyl sites for hydroxylation is 1. The number of nitrogens with two attached hydrogens (primary N) is 1. The van der Waals surface area contributed by atoms with Crippen molar-refractivity contribution < 1.29 is 19.1 Å². The van der Waals surface area contributed by atoms with E-state index in [4.69, 9.17) is 10.5 Å². The number of carbonyl (C=O) groups excluding carboxylic acids is 3. The summed E-state index contributed by atoms with van der Waals surface area (Å²) in [5.74, 6) is -1.39. The van der Waals surface area contributed by atoms with Crippen LogP contribution in [0.25, 0.3) is 0 Å². The summed E-state index contributed by atoms with van der Waals surface area (Å²) in [7, 11) is 0. The number of benzene rings is 1. The predicted molar refractivity (Wildman–Crippen MR) is 92.1 cm³/mol. The van der Waals surface area contributed by atoms with Crippen LogP contribution in [0, 0.1) is 13.8 Å². The zero-order valence-electron chi connectivity index (χ0n) is 14.4. The number of rotatable bonds is 5. The van der Waals surface area contributed by atoms with Crippen LogP contribution in [0.4, 0.5) is 4.79 Å². The lowest BCUT2D eigenvalue weighted by molar-refractivity contribution is -0.127. The second-order valence-corrected chi connectivity index (χ2v) is 5.76. The molecule has 1 heterocycles. The number of ether oxygens (including phenoxy) is 1. The van der Waals surface area contributed by atoms with E-state index in [2.05, 4.69) is 0 Å². The minimum absolute atomic E-state index is 0.382. The SMILES string of the molecule is Cc1cc(C(=O)OC(C)C(=O)NC(N)=O)c(C)n1Cc1ccccc1. The molecule has 7 heteroatoms. The summed E-state index contributed by atoms with van der Waals surface area (Å²) < 4.78 is 7.13. The van der Waals surface area contributed by atoms with E-state index in [0.717, 1.165) is 17.0 Å². The van der Waals surface area contributed by atoms with Crippen molar-refractivity contribution in [1.29, 1.82) is 0 Å². The molecule has 0 aliphatic rings. The van der Waals surface area contributed by atoms with E-state index in [1.54, 1.807) is 6.07 Å². The summed E-state index contributed by atoms with van der Waals surface area (Å²) in [6.45, 7) is 5.72. The third-order valence-corrected chi connectivity index (χ3v) is 3.88. The number of imide groups is 1. The number of aromatic nitrogens is 1. The average Bonchev–Trinajstić information content (AvgIpc) is 2.83. The van der Waals surface area contributed by atoms with Crippen LogP contribution < -0.4 is 11.1 Å². The van der Waals surface area contributed by atoms with Gasteiger partial charge in [0.05, 0.1) is 5.56 Å². The molecule has 7 nitrogen and oxygen atoms in total. The zero-order valence-corrected chi connectivity index (χ0v) is 14.4. The van der Waals surface area contributed by atoms with Gasteiger partial charge in [-0.25, -0.2) is 9.59 Å². The predicted octanol–water partition coefficient (Wildman–Crippen LogP) is 1.89. The van der Waals surface area contributed by atoms with Crippen LogP contribution in [-0.2, 0) is 16.1 Å². The van der Waals surface area contributed by atoms with Crippen molar-refractivity contribution in [2.45, 2.75) is 33.4 Å². The minimum Gasteiger partial charge on any atom is -0.449 e. The summed E-state index contributed by atoms with van der Waals surface area (Å²) in [6, 6.07) is 10.6. The number of hydrogen-bond donors (Lipinski definition) is 2. The highest BCUT2D eigenvalue weighted by Gasteiger charge is 2.23. The second-order valence-electron chi connectivity index (χ2n) is 5.76. The van der Waals surface area contributed by atoms with Gasteiger partial charge in [-0.15, -0.1) is 0 Å². The first kappa shape index (κ1) is 18.3. The molecule has 0 bridgehead atoms. The molecule has 2 aromatic rings. The molecule has 3 amide bonds. The normalized spacial score (nSPS) is 11.6. The van der Waals surface area contributed by atoms with Crippen LogP contribution in [-0.4, -0.2) is 28.6 Å². The van der Waals surface area contributed by atoms with Gasteiger partial charge in [-0.2, -0.15) is 0 Å². The number of carbonyl (C=O) groups is 3. The largest absolute Gasteiger partial charge is 0.449 e. The summed E-state index contributed by atoms with van der Waals surface area (Å²) in [5.41, 5.74) is 8.02. The Balaban J connectivity index is 2.14. The van der Waals surface area contributed by atoms with Gasteiger partial charge in [-0.05, 0) is 32.4 Å². The van der Waals surface area contributed by atoms with Gasteiger partial charge in [-0.3, -0.25) is 10.1 Å². The lowest BCUT2D eigenvalue weighted by Gasteiger charge is -2.13. The third kappa shape index (κ3) is 4.47. The van der Waals surface area contributed by atoms with Gasteiger partial charge >= 0.3 is 12.0 Å². The molecule has 1 atom stereocenters. The summed E-state index contributed by atoms with van der Waals surface area (Å²) in [4.78, 5) is 34.7. The van der Waals surface area contributed by atoms with E-state index in [1.165, 1.54) is 6.92 Å². The van der Waals surface area contributed by atoms with E-state index in [9.17, 15) is 14.4 Å². The molecule has 0 radical (unpaired) electrons. The maximum Gasteiger partial charge on any atom is 0.340 e. The van der Waals surface area contributed by atoms with Crippen LogP contribution in [0.2, 0.25) is 0 Å². The molecule has 0 spiro atoms. The van der Waals surface area contributed by atoms with Gasteiger partial charge in [0, 0.05) is 17.9 Å². The summed E-state index contributed by atoms with van der Waals surface area (Å²) in [5, 5.41) is 1.88. The molecular weight excluding hydrogens is 322 g/mol. The Labute approximate surface area is 145 Å². The first-order chi connectivity index (χ1) is 11.8. The van der Waals surface area contributed by atoms with Crippen molar-refractivity contribution in [3.05, 3.63) is 58.9 Å². The average molecular weight is 343 g/mol. The van der Waals surface area contributed by atoms with Crippen LogP contribution in [0.1, 0.15) is 34.2 Å². The number of urea groups is 1. The lowest BCUT2D eigenvalue weighted by atomic mass is 10.2. The minimum atomic E-state index is -1.13. The van der Waals surface area contributed by atoms with E-state index in [0.29, 0.717) is 12.1 Å². The Kier molecular flexibility index (Phi) is 5.59. The highest BCUT2D eigenvalue weighted by Crippen LogP contribution is 2.18. The molecule has 3 N–H and O–H groups in total. The van der Waals surface area contributed by atoms with Gasteiger partial charge in [0.15, 0.2) is 6.10 Å². The number of amides is 3. The maximum atomic E-state index is 12.4. The quantitative estimate of drug-likeness (QED) is 0.809. The fourth-order valence-corrected chi connectivity index (χ4v) is 2.52. The van der Waals surface area contributed by atoms with Crippen LogP contribution >= 0.6 is 0 Å². The number of nitrogens with zero attached hydrogens (tertiary/aromatic N) is 1. The van der Waals surface area contributed by atoms with Gasteiger partial charge < -0.3 is 15.0 Å². The van der Waals surface area contributed by atoms with E-state index >= 15 is 0 Å². The molecule has 1 unspecified atom stereocenters. The molecule has 0 saturated heterocycles. The van der Waals surface area contributed by atoms with Crippen LogP contribution in [0.5, 0.6) is 0 Å². The number of hydrogen-bond acceptors (Lipinski definition) is 4. The first-order valence-corrected chi connectivity index (χ1v) is 7.81.